The van der Waals surface area contributed by atoms with Crippen LogP contribution in [0.5, 0.6) is 0 Å². The number of hydrogen-bond donors (Lipinski definition) is 2. The van der Waals surface area contributed by atoms with Crippen LogP contribution in [0.4, 0.5) is 23.2 Å². The molecule has 0 aliphatic rings. The van der Waals surface area contributed by atoms with Gasteiger partial charge in [0, 0.05) is 0 Å². The van der Waals surface area contributed by atoms with Crippen molar-refractivity contribution in [3.8, 4) is 0 Å². The predicted octanol–water partition coefficient (Wildman–Crippen LogP) is 3.99. The Labute approximate surface area is 119 Å². The van der Waals surface area contributed by atoms with Crippen molar-refractivity contribution < 1.29 is 22.7 Å². The molecule has 2 aromatic carbocycles. The van der Waals surface area contributed by atoms with Crippen LogP contribution in [0.3, 0.4) is 0 Å². The summed E-state index contributed by atoms with van der Waals surface area (Å²) in [5.74, 6) is -0.539. The molecule has 0 saturated carbocycles. The first-order valence-electron chi connectivity index (χ1n) is 6.21. The van der Waals surface area contributed by atoms with E-state index in [0.29, 0.717) is 0 Å². The molecule has 0 radical (unpaired) electrons. The molecule has 2 N–H and O–H groups in total. The van der Waals surface area contributed by atoms with Crippen LogP contribution >= 0.6 is 0 Å². The lowest BCUT2D eigenvalue weighted by Gasteiger charge is -2.19. The summed E-state index contributed by atoms with van der Waals surface area (Å²) in [6.07, 6.45) is -4.46. The Morgan fingerprint density at radius 1 is 1.05 bits per heavy atom. The zero-order valence-corrected chi connectivity index (χ0v) is 10.9. The summed E-state index contributed by atoms with van der Waals surface area (Å²) < 4.78 is 51.6. The van der Waals surface area contributed by atoms with Crippen molar-refractivity contribution in [2.45, 2.75) is 12.2 Å². The van der Waals surface area contributed by atoms with Crippen molar-refractivity contribution in [2.75, 3.05) is 11.9 Å². The van der Waals surface area contributed by atoms with Gasteiger partial charge in [-0.15, -0.1) is 0 Å². The Morgan fingerprint density at radius 2 is 1.76 bits per heavy atom. The number of benzene rings is 2. The fourth-order valence-corrected chi connectivity index (χ4v) is 1.93. The molecular weight excluding hydrogens is 286 g/mol. The fourth-order valence-electron chi connectivity index (χ4n) is 1.93. The third kappa shape index (κ3) is 3.72. The highest BCUT2D eigenvalue weighted by Gasteiger charge is 2.31. The van der Waals surface area contributed by atoms with Gasteiger partial charge in [-0.1, -0.05) is 24.3 Å². The highest BCUT2D eigenvalue weighted by atomic mass is 19.4. The van der Waals surface area contributed by atoms with Crippen molar-refractivity contribution in [1.29, 1.82) is 0 Å². The minimum atomic E-state index is -4.46. The standard InChI is InChI=1S/C15H13F4NO/c16-12-6-1-2-7-13(12)20-14(9-21)10-4-3-5-11(8-10)15(17,18)19/h1-8,14,20-21H,9H2. The number of aliphatic hydroxyl groups is 1. The first-order chi connectivity index (χ1) is 9.91. The van der Waals surface area contributed by atoms with E-state index < -0.39 is 30.2 Å². The van der Waals surface area contributed by atoms with E-state index in [1.165, 1.54) is 30.3 Å². The summed E-state index contributed by atoms with van der Waals surface area (Å²) in [6, 6.07) is 9.52. The third-order valence-electron chi connectivity index (χ3n) is 3.00. The van der Waals surface area contributed by atoms with E-state index in [0.717, 1.165) is 12.1 Å². The molecule has 0 fully saturated rings. The van der Waals surface area contributed by atoms with Gasteiger partial charge in [0.2, 0.25) is 0 Å². The normalized spacial score (nSPS) is 13.0. The van der Waals surface area contributed by atoms with Crippen LogP contribution in [0.15, 0.2) is 48.5 Å². The topological polar surface area (TPSA) is 32.3 Å². The molecule has 0 bridgehead atoms. The Kier molecular flexibility index (Phi) is 4.47. The number of alkyl halides is 3. The lowest BCUT2D eigenvalue weighted by molar-refractivity contribution is -0.137. The molecule has 0 saturated heterocycles. The highest BCUT2D eigenvalue weighted by molar-refractivity contribution is 5.47. The number of rotatable bonds is 4. The maximum absolute atomic E-state index is 13.5. The maximum atomic E-state index is 13.5. The van der Waals surface area contributed by atoms with Crippen LogP contribution in [0.1, 0.15) is 17.2 Å². The van der Waals surface area contributed by atoms with Crippen molar-refractivity contribution in [3.63, 3.8) is 0 Å². The predicted molar refractivity (Wildman–Crippen MR) is 71.3 cm³/mol. The smallest absolute Gasteiger partial charge is 0.394 e. The van der Waals surface area contributed by atoms with Crippen LogP contribution in [-0.2, 0) is 6.18 Å². The van der Waals surface area contributed by atoms with Crippen LogP contribution in [0, 0.1) is 5.82 Å². The first kappa shape index (κ1) is 15.3. The Morgan fingerprint density at radius 3 is 2.38 bits per heavy atom. The number of aliphatic hydroxyl groups excluding tert-OH is 1. The molecule has 0 amide bonds. The number of nitrogens with one attached hydrogen (secondary N) is 1. The van der Waals surface area contributed by atoms with Gasteiger partial charge in [-0.25, -0.2) is 4.39 Å². The molecule has 1 atom stereocenters. The molecule has 2 aromatic rings. The van der Waals surface area contributed by atoms with E-state index in [-0.39, 0.29) is 11.3 Å². The second kappa shape index (κ2) is 6.13. The Hall–Kier alpha value is -2.08. The quantitative estimate of drug-likeness (QED) is 0.837. The molecule has 1 unspecified atom stereocenters. The van der Waals surface area contributed by atoms with Gasteiger partial charge in [0.05, 0.1) is 23.9 Å². The highest BCUT2D eigenvalue weighted by Crippen LogP contribution is 2.31. The minimum absolute atomic E-state index is 0.119. The summed E-state index contributed by atoms with van der Waals surface area (Å²) >= 11 is 0. The molecular formula is C15H13F4NO. The van der Waals surface area contributed by atoms with Crippen LogP contribution in [0.2, 0.25) is 0 Å². The molecule has 0 aliphatic heterocycles. The zero-order chi connectivity index (χ0) is 15.5. The summed E-state index contributed by atoms with van der Waals surface area (Å²) in [4.78, 5) is 0. The molecule has 0 heterocycles. The van der Waals surface area contributed by atoms with Gasteiger partial charge in [0.25, 0.3) is 0 Å². The summed E-state index contributed by atoms with van der Waals surface area (Å²) in [7, 11) is 0. The van der Waals surface area contributed by atoms with E-state index in [2.05, 4.69) is 5.32 Å². The maximum Gasteiger partial charge on any atom is 0.416 e. The number of para-hydroxylation sites is 1. The van der Waals surface area contributed by atoms with Crippen molar-refractivity contribution >= 4 is 5.69 Å². The van der Waals surface area contributed by atoms with Gasteiger partial charge in [0.1, 0.15) is 5.82 Å². The largest absolute Gasteiger partial charge is 0.416 e. The Balaban J connectivity index is 2.28. The number of hydrogen-bond acceptors (Lipinski definition) is 2. The summed E-state index contributed by atoms with van der Waals surface area (Å²) in [5, 5.41) is 12.1. The van der Waals surface area contributed by atoms with E-state index in [1.807, 2.05) is 0 Å². The van der Waals surface area contributed by atoms with Crippen LogP contribution < -0.4 is 5.32 Å². The summed E-state index contributed by atoms with van der Waals surface area (Å²) in [5.41, 5.74) is -0.460. The number of halogens is 4. The SMILES string of the molecule is OCC(Nc1ccccc1F)c1cccc(C(F)(F)F)c1. The van der Waals surface area contributed by atoms with Gasteiger partial charge >= 0.3 is 6.18 Å². The minimum Gasteiger partial charge on any atom is -0.394 e. The summed E-state index contributed by atoms with van der Waals surface area (Å²) in [6.45, 7) is -0.463. The molecule has 2 rings (SSSR count). The lowest BCUT2D eigenvalue weighted by Crippen LogP contribution is -2.16. The fraction of sp³-hybridized carbons (Fsp3) is 0.200. The first-order valence-corrected chi connectivity index (χ1v) is 6.21. The van der Waals surface area contributed by atoms with E-state index in [1.54, 1.807) is 6.07 Å². The van der Waals surface area contributed by atoms with Crippen LogP contribution in [0.25, 0.3) is 0 Å². The van der Waals surface area contributed by atoms with Gasteiger partial charge in [-0.05, 0) is 29.8 Å². The Bertz CT molecular complexity index is 613. The molecule has 0 aliphatic carbocycles. The number of anilines is 1. The molecule has 2 nitrogen and oxygen atoms in total. The van der Waals surface area contributed by atoms with Gasteiger partial charge in [0.15, 0.2) is 0 Å². The van der Waals surface area contributed by atoms with E-state index >= 15 is 0 Å². The second-order valence-corrected chi connectivity index (χ2v) is 4.48. The second-order valence-electron chi connectivity index (χ2n) is 4.48. The van der Waals surface area contributed by atoms with Gasteiger partial charge < -0.3 is 10.4 Å². The molecule has 0 aromatic heterocycles. The third-order valence-corrected chi connectivity index (χ3v) is 3.00. The van der Waals surface area contributed by atoms with Crippen molar-refractivity contribution in [2.24, 2.45) is 0 Å². The van der Waals surface area contributed by atoms with Crippen molar-refractivity contribution in [3.05, 3.63) is 65.5 Å². The van der Waals surface area contributed by atoms with Crippen molar-refractivity contribution in [1.82, 2.24) is 0 Å². The average molecular weight is 299 g/mol. The van der Waals surface area contributed by atoms with E-state index in [9.17, 15) is 22.7 Å². The zero-order valence-electron chi connectivity index (χ0n) is 10.9. The molecule has 0 spiro atoms. The van der Waals surface area contributed by atoms with Crippen LogP contribution in [-0.4, -0.2) is 11.7 Å². The average Bonchev–Trinajstić information content (AvgIpc) is 2.46. The molecule has 6 heteroatoms. The van der Waals surface area contributed by atoms with E-state index in [4.69, 9.17) is 0 Å². The monoisotopic (exact) mass is 299 g/mol. The molecule has 112 valence electrons. The van der Waals surface area contributed by atoms with Gasteiger partial charge in [-0.2, -0.15) is 13.2 Å². The molecule has 21 heavy (non-hydrogen) atoms. The lowest BCUT2D eigenvalue weighted by atomic mass is 10.0. The van der Waals surface area contributed by atoms with Gasteiger partial charge in [-0.3, -0.25) is 0 Å².